The van der Waals surface area contributed by atoms with E-state index in [4.69, 9.17) is 9.47 Å². The maximum atomic E-state index is 12.3. The quantitative estimate of drug-likeness (QED) is 0.323. The van der Waals surface area contributed by atoms with Crippen molar-refractivity contribution in [1.82, 2.24) is 21.3 Å². The highest BCUT2D eigenvalue weighted by molar-refractivity contribution is 5.92. The summed E-state index contributed by atoms with van der Waals surface area (Å²) in [6.45, 7) is 4.40. The van der Waals surface area contributed by atoms with Crippen molar-refractivity contribution >= 4 is 29.8 Å². The van der Waals surface area contributed by atoms with Crippen LogP contribution in [0.1, 0.15) is 32.8 Å². The summed E-state index contributed by atoms with van der Waals surface area (Å²) in [4.78, 5) is 59.7. The lowest BCUT2D eigenvalue weighted by Crippen LogP contribution is -2.53. The van der Waals surface area contributed by atoms with Gasteiger partial charge in [0.25, 0.3) is 0 Å². The number of amides is 4. The molecule has 0 aliphatic rings. The first-order valence-corrected chi connectivity index (χ1v) is 10.6. The topological polar surface area (TPSA) is 152 Å². The Kier molecular flexibility index (Phi) is 12.0. The number of benzene rings is 1. The number of methoxy groups -OCH3 is 1. The molecule has 1 rings (SSSR count). The third-order valence-electron chi connectivity index (χ3n) is 4.79. The number of carbonyl (C=O) groups is 5. The molecule has 3 atom stereocenters. The normalized spacial score (nSPS) is 13.0. The summed E-state index contributed by atoms with van der Waals surface area (Å²) < 4.78 is 9.69. The van der Waals surface area contributed by atoms with E-state index in [0.29, 0.717) is 6.42 Å². The van der Waals surface area contributed by atoms with Gasteiger partial charge in [-0.25, -0.2) is 9.59 Å². The molecule has 0 bridgehead atoms. The molecule has 0 spiro atoms. The minimum absolute atomic E-state index is 0.0600. The van der Waals surface area contributed by atoms with Crippen LogP contribution in [0.5, 0.6) is 0 Å². The van der Waals surface area contributed by atoms with Gasteiger partial charge in [0.2, 0.25) is 17.7 Å². The fourth-order valence-corrected chi connectivity index (χ4v) is 2.60. The van der Waals surface area contributed by atoms with Gasteiger partial charge in [0.1, 0.15) is 25.2 Å². The number of hydrogen-bond donors (Lipinski definition) is 4. The van der Waals surface area contributed by atoms with E-state index in [1.165, 1.54) is 14.0 Å². The second-order valence-electron chi connectivity index (χ2n) is 7.38. The second kappa shape index (κ2) is 14.4. The molecule has 0 aliphatic carbocycles. The first-order valence-electron chi connectivity index (χ1n) is 10.6. The van der Waals surface area contributed by atoms with Crippen LogP contribution in [0.25, 0.3) is 0 Å². The van der Waals surface area contributed by atoms with Gasteiger partial charge in [-0.05, 0) is 18.4 Å². The Morgan fingerprint density at radius 3 is 2.15 bits per heavy atom. The number of nitrogens with one attached hydrogen (secondary N) is 4. The van der Waals surface area contributed by atoms with Crippen molar-refractivity contribution in [3.05, 3.63) is 35.9 Å². The number of carbonyl (C=O) groups excluding carboxylic acids is 5. The second-order valence-corrected chi connectivity index (χ2v) is 7.38. The van der Waals surface area contributed by atoms with E-state index in [9.17, 15) is 24.0 Å². The molecule has 0 radical (unpaired) electrons. The maximum absolute atomic E-state index is 12.3. The monoisotopic (exact) mass is 464 g/mol. The van der Waals surface area contributed by atoms with Gasteiger partial charge in [-0.15, -0.1) is 0 Å². The van der Waals surface area contributed by atoms with E-state index in [0.717, 1.165) is 5.56 Å². The Bertz CT molecular complexity index is 816. The summed E-state index contributed by atoms with van der Waals surface area (Å²) in [6, 6.07) is 7.25. The van der Waals surface area contributed by atoms with E-state index < -0.39 is 48.4 Å². The average molecular weight is 465 g/mol. The maximum Gasteiger partial charge on any atom is 0.407 e. The zero-order valence-corrected chi connectivity index (χ0v) is 19.3. The molecule has 0 aliphatic heterocycles. The van der Waals surface area contributed by atoms with Crippen LogP contribution < -0.4 is 21.3 Å². The van der Waals surface area contributed by atoms with Crippen LogP contribution in [-0.2, 0) is 35.3 Å². The Hall–Kier alpha value is -3.63. The van der Waals surface area contributed by atoms with Crippen LogP contribution in [0.4, 0.5) is 4.79 Å². The molecule has 11 heteroatoms. The Balaban J connectivity index is 2.33. The van der Waals surface area contributed by atoms with Crippen molar-refractivity contribution in [2.75, 3.05) is 20.2 Å². The first kappa shape index (κ1) is 27.4. The van der Waals surface area contributed by atoms with E-state index in [1.54, 1.807) is 19.1 Å². The highest BCUT2D eigenvalue weighted by Crippen LogP contribution is 2.09. The third-order valence-corrected chi connectivity index (χ3v) is 4.79. The van der Waals surface area contributed by atoms with Crippen LogP contribution in [0.2, 0.25) is 0 Å². The summed E-state index contributed by atoms with van der Waals surface area (Å²) in [7, 11) is 1.23. The van der Waals surface area contributed by atoms with Gasteiger partial charge in [0, 0.05) is 0 Å². The van der Waals surface area contributed by atoms with Gasteiger partial charge in [-0.3, -0.25) is 14.4 Å². The zero-order valence-electron chi connectivity index (χ0n) is 19.3. The van der Waals surface area contributed by atoms with E-state index >= 15 is 0 Å². The molecule has 0 saturated carbocycles. The highest BCUT2D eigenvalue weighted by atomic mass is 16.5. The summed E-state index contributed by atoms with van der Waals surface area (Å²) >= 11 is 0. The van der Waals surface area contributed by atoms with Gasteiger partial charge < -0.3 is 30.7 Å². The van der Waals surface area contributed by atoms with Crippen LogP contribution >= 0.6 is 0 Å². The fraction of sp³-hybridized carbons (Fsp3) is 0.500. The molecule has 1 aromatic carbocycles. The number of ether oxygens (including phenoxy) is 2. The molecule has 33 heavy (non-hydrogen) atoms. The van der Waals surface area contributed by atoms with E-state index in [-0.39, 0.29) is 19.1 Å². The Labute approximate surface area is 193 Å². The molecule has 0 unspecified atom stereocenters. The molecule has 4 amide bonds. The molecular formula is C22H32N4O7. The summed E-state index contributed by atoms with van der Waals surface area (Å²) in [6.07, 6.45) is -0.133. The average Bonchev–Trinajstić information content (AvgIpc) is 2.82. The Morgan fingerprint density at radius 1 is 0.909 bits per heavy atom. The van der Waals surface area contributed by atoms with Crippen molar-refractivity contribution in [2.24, 2.45) is 5.92 Å². The van der Waals surface area contributed by atoms with Gasteiger partial charge >= 0.3 is 12.1 Å². The Morgan fingerprint density at radius 2 is 1.55 bits per heavy atom. The number of hydrogen-bond acceptors (Lipinski definition) is 7. The smallest absolute Gasteiger partial charge is 0.407 e. The molecule has 1 aromatic rings. The fourth-order valence-electron chi connectivity index (χ4n) is 2.60. The standard InChI is InChI=1S/C22H32N4O7/c1-5-14(2)19(21(30)32-4)26-20(29)15(3)25-18(28)12-23-17(27)11-24-22(31)33-13-16-9-7-6-8-10-16/h6-10,14-15,19H,5,11-13H2,1-4H3,(H,23,27)(H,24,31)(H,25,28)(H,26,29)/t14-,15-,19-/m1/s1. The van der Waals surface area contributed by atoms with Crippen LogP contribution in [0.15, 0.2) is 30.3 Å². The lowest BCUT2D eigenvalue weighted by molar-refractivity contribution is -0.146. The SMILES string of the molecule is CC[C@@H](C)[C@@H](NC(=O)[C@@H](C)NC(=O)CNC(=O)CNC(=O)OCc1ccccc1)C(=O)OC. The largest absolute Gasteiger partial charge is 0.467 e. The van der Waals surface area contributed by atoms with E-state index in [1.807, 2.05) is 25.1 Å². The predicted octanol–water partition coefficient (Wildman–Crippen LogP) is 0.238. The molecule has 0 fully saturated rings. The molecule has 0 saturated heterocycles. The molecular weight excluding hydrogens is 432 g/mol. The third kappa shape index (κ3) is 10.5. The van der Waals surface area contributed by atoms with Crippen LogP contribution in [-0.4, -0.2) is 62.1 Å². The first-order chi connectivity index (χ1) is 15.7. The van der Waals surface area contributed by atoms with Crippen molar-refractivity contribution in [2.45, 2.75) is 45.9 Å². The predicted molar refractivity (Wildman–Crippen MR) is 119 cm³/mol. The van der Waals surface area contributed by atoms with Crippen LogP contribution in [0, 0.1) is 5.92 Å². The van der Waals surface area contributed by atoms with Crippen molar-refractivity contribution in [3.8, 4) is 0 Å². The van der Waals surface area contributed by atoms with Crippen molar-refractivity contribution in [3.63, 3.8) is 0 Å². The molecule has 0 heterocycles. The minimum atomic E-state index is -0.947. The lowest BCUT2D eigenvalue weighted by atomic mass is 9.99. The highest BCUT2D eigenvalue weighted by Gasteiger charge is 2.28. The molecule has 11 nitrogen and oxygen atoms in total. The van der Waals surface area contributed by atoms with Gasteiger partial charge in [-0.2, -0.15) is 0 Å². The van der Waals surface area contributed by atoms with E-state index in [2.05, 4.69) is 21.3 Å². The van der Waals surface area contributed by atoms with Crippen molar-refractivity contribution < 1.29 is 33.4 Å². The summed E-state index contributed by atoms with van der Waals surface area (Å²) in [5, 5.41) is 9.60. The molecule has 0 aromatic heterocycles. The van der Waals surface area contributed by atoms with Gasteiger partial charge in [-0.1, -0.05) is 50.6 Å². The molecule has 182 valence electrons. The minimum Gasteiger partial charge on any atom is -0.467 e. The van der Waals surface area contributed by atoms with Gasteiger partial charge in [0.05, 0.1) is 13.7 Å². The van der Waals surface area contributed by atoms with Gasteiger partial charge in [0.15, 0.2) is 0 Å². The van der Waals surface area contributed by atoms with Crippen LogP contribution in [0.3, 0.4) is 0 Å². The summed E-state index contributed by atoms with van der Waals surface area (Å²) in [5.41, 5.74) is 0.800. The van der Waals surface area contributed by atoms with Crippen molar-refractivity contribution in [1.29, 1.82) is 0 Å². The molecule has 4 N–H and O–H groups in total. The number of rotatable bonds is 12. The lowest BCUT2D eigenvalue weighted by Gasteiger charge is -2.24. The number of alkyl carbamates (subject to hydrolysis) is 1. The summed E-state index contributed by atoms with van der Waals surface area (Å²) in [5.74, 6) is -2.51. The number of esters is 1. The zero-order chi connectivity index (χ0) is 24.8.